The summed E-state index contributed by atoms with van der Waals surface area (Å²) in [6.45, 7) is 0. The molecular formula is C16H10O3. The van der Waals surface area contributed by atoms with Gasteiger partial charge in [0.15, 0.2) is 0 Å². The van der Waals surface area contributed by atoms with E-state index in [9.17, 15) is 4.79 Å². The zero-order chi connectivity index (χ0) is 12.8. The Morgan fingerprint density at radius 1 is 0.947 bits per heavy atom. The highest BCUT2D eigenvalue weighted by Crippen LogP contribution is 2.37. The van der Waals surface area contributed by atoms with Crippen LogP contribution in [0.4, 0.5) is 0 Å². The van der Waals surface area contributed by atoms with Gasteiger partial charge in [0.05, 0.1) is 0 Å². The van der Waals surface area contributed by atoms with E-state index in [1.807, 2.05) is 42.5 Å². The normalized spacial score (nSPS) is 12.6. The minimum atomic E-state index is -0.414. The van der Waals surface area contributed by atoms with E-state index >= 15 is 0 Å². The molecule has 0 bridgehead atoms. The SMILES string of the molecule is O=c1oc2ccccc2c2c1Oc1ccccc1C2. The average molecular weight is 250 g/mol. The molecule has 1 aromatic heterocycles. The maximum atomic E-state index is 12.0. The third kappa shape index (κ3) is 1.48. The van der Waals surface area contributed by atoms with E-state index in [0.29, 0.717) is 17.8 Å². The van der Waals surface area contributed by atoms with Crippen molar-refractivity contribution < 1.29 is 9.15 Å². The maximum Gasteiger partial charge on any atom is 0.379 e. The maximum absolute atomic E-state index is 12.0. The van der Waals surface area contributed by atoms with Crippen molar-refractivity contribution >= 4 is 11.0 Å². The summed E-state index contributed by atoms with van der Waals surface area (Å²) in [5.41, 5.74) is 2.19. The van der Waals surface area contributed by atoms with Gasteiger partial charge in [-0.3, -0.25) is 0 Å². The zero-order valence-electron chi connectivity index (χ0n) is 10.1. The summed E-state index contributed by atoms with van der Waals surface area (Å²) >= 11 is 0. The van der Waals surface area contributed by atoms with Crippen molar-refractivity contribution in [2.75, 3.05) is 0 Å². The number of rotatable bonds is 0. The summed E-state index contributed by atoms with van der Waals surface area (Å²) < 4.78 is 11.0. The van der Waals surface area contributed by atoms with Crippen LogP contribution in [0.1, 0.15) is 11.1 Å². The van der Waals surface area contributed by atoms with E-state index in [4.69, 9.17) is 9.15 Å². The second-order valence-electron chi connectivity index (χ2n) is 4.58. The lowest BCUT2D eigenvalue weighted by atomic mass is 9.98. The van der Waals surface area contributed by atoms with E-state index in [0.717, 1.165) is 22.3 Å². The highest BCUT2D eigenvalue weighted by molar-refractivity contribution is 5.83. The molecule has 0 amide bonds. The number of para-hydroxylation sites is 2. The Hall–Kier alpha value is -2.55. The highest BCUT2D eigenvalue weighted by atomic mass is 16.5. The Kier molecular flexibility index (Phi) is 2.03. The minimum absolute atomic E-state index is 0.317. The first-order chi connectivity index (χ1) is 9.33. The summed E-state index contributed by atoms with van der Waals surface area (Å²) in [6.07, 6.45) is 0.692. The van der Waals surface area contributed by atoms with Gasteiger partial charge in [-0.1, -0.05) is 36.4 Å². The third-order valence-electron chi connectivity index (χ3n) is 3.43. The van der Waals surface area contributed by atoms with Crippen molar-refractivity contribution in [2.24, 2.45) is 0 Å². The van der Waals surface area contributed by atoms with Gasteiger partial charge in [0.1, 0.15) is 11.3 Å². The second-order valence-corrected chi connectivity index (χ2v) is 4.58. The molecule has 3 aromatic rings. The molecule has 1 aliphatic rings. The Morgan fingerprint density at radius 2 is 1.74 bits per heavy atom. The number of fused-ring (bicyclic) bond motifs is 4. The van der Waals surface area contributed by atoms with Crippen molar-refractivity contribution in [2.45, 2.75) is 6.42 Å². The fourth-order valence-electron chi connectivity index (χ4n) is 2.53. The Balaban J connectivity index is 2.05. The standard InChI is InChI=1S/C16H10O3/c17-16-15-12(11-6-2-4-8-14(11)19-16)9-10-5-1-3-7-13(10)18-15/h1-8H,9H2. The molecule has 0 spiro atoms. The van der Waals surface area contributed by atoms with Crippen molar-refractivity contribution in [3.05, 3.63) is 70.1 Å². The lowest BCUT2D eigenvalue weighted by molar-refractivity contribution is 0.419. The minimum Gasteiger partial charge on any atom is -0.449 e. The molecule has 0 radical (unpaired) electrons. The van der Waals surface area contributed by atoms with Crippen molar-refractivity contribution in [1.29, 1.82) is 0 Å². The van der Waals surface area contributed by atoms with Gasteiger partial charge in [-0.2, -0.15) is 0 Å². The molecule has 2 aromatic carbocycles. The smallest absolute Gasteiger partial charge is 0.379 e. The Labute approximate surface area is 109 Å². The molecule has 2 heterocycles. The first-order valence-corrected chi connectivity index (χ1v) is 6.13. The number of hydrogen-bond donors (Lipinski definition) is 0. The van der Waals surface area contributed by atoms with E-state index in [1.165, 1.54) is 0 Å². The molecule has 0 aliphatic carbocycles. The van der Waals surface area contributed by atoms with Crippen LogP contribution in [0.3, 0.4) is 0 Å². The molecule has 0 fully saturated rings. The molecule has 1 aliphatic heterocycles. The molecule has 19 heavy (non-hydrogen) atoms. The van der Waals surface area contributed by atoms with E-state index in [-0.39, 0.29) is 0 Å². The average Bonchev–Trinajstić information content (AvgIpc) is 2.46. The van der Waals surface area contributed by atoms with Crippen LogP contribution in [-0.4, -0.2) is 0 Å². The second kappa shape index (κ2) is 3.72. The summed E-state index contributed by atoms with van der Waals surface area (Å²) in [7, 11) is 0. The molecule has 0 unspecified atom stereocenters. The van der Waals surface area contributed by atoms with Crippen LogP contribution < -0.4 is 10.4 Å². The van der Waals surface area contributed by atoms with Crippen molar-refractivity contribution in [1.82, 2.24) is 0 Å². The molecule has 0 N–H and O–H groups in total. The van der Waals surface area contributed by atoms with Gasteiger partial charge >= 0.3 is 5.63 Å². The lowest BCUT2D eigenvalue weighted by Crippen LogP contribution is -2.12. The van der Waals surface area contributed by atoms with Gasteiger partial charge < -0.3 is 9.15 Å². The van der Waals surface area contributed by atoms with Gasteiger partial charge in [0.25, 0.3) is 0 Å². The highest BCUT2D eigenvalue weighted by Gasteiger charge is 2.23. The van der Waals surface area contributed by atoms with Crippen LogP contribution in [0.15, 0.2) is 57.7 Å². The third-order valence-corrected chi connectivity index (χ3v) is 3.43. The summed E-state index contributed by atoms with van der Waals surface area (Å²) in [6, 6.07) is 15.3. The summed E-state index contributed by atoms with van der Waals surface area (Å²) in [5, 5.41) is 0.937. The van der Waals surface area contributed by atoms with Crippen LogP contribution in [-0.2, 0) is 6.42 Å². The molecular weight excluding hydrogens is 240 g/mol. The quantitative estimate of drug-likeness (QED) is 0.448. The monoisotopic (exact) mass is 250 g/mol. The van der Waals surface area contributed by atoms with E-state index in [1.54, 1.807) is 6.07 Å². The van der Waals surface area contributed by atoms with Gasteiger partial charge in [-0.25, -0.2) is 4.79 Å². The predicted octanol–water partition coefficient (Wildman–Crippen LogP) is 3.49. The molecule has 3 heteroatoms. The number of ether oxygens (including phenoxy) is 1. The van der Waals surface area contributed by atoms with Crippen molar-refractivity contribution in [3.8, 4) is 11.5 Å². The van der Waals surface area contributed by atoms with Crippen LogP contribution in [0.25, 0.3) is 11.0 Å². The van der Waals surface area contributed by atoms with Gasteiger partial charge in [-0.05, 0) is 17.7 Å². The largest absolute Gasteiger partial charge is 0.449 e. The molecule has 3 nitrogen and oxygen atoms in total. The van der Waals surface area contributed by atoms with Crippen LogP contribution >= 0.6 is 0 Å². The Bertz CT molecular complexity index is 846. The molecule has 92 valence electrons. The van der Waals surface area contributed by atoms with Gasteiger partial charge in [0, 0.05) is 17.4 Å². The first-order valence-electron chi connectivity index (χ1n) is 6.13. The fourth-order valence-corrected chi connectivity index (χ4v) is 2.53. The number of benzene rings is 2. The van der Waals surface area contributed by atoms with E-state index in [2.05, 4.69) is 0 Å². The van der Waals surface area contributed by atoms with Gasteiger partial charge in [-0.15, -0.1) is 0 Å². The van der Waals surface area contributed by atoms with Crippen LogP contribution in [0.2, 0.25) is 0 Å². The predicted molar refractivity (Wildman–Crippen MR) is 71.8 cm³/mol. The molecule has 0 atom stereocenters. The van der Waals surface area contributed by atoms with Crippen molar-refractivity contribution in [3.63, 3.8) is 0 Å². The number of hydrogen-bond acceptors (Lipinski definition) is 3. The van der Waals surface area contributed by atoms with Crippen LogP contribution in [0, 0.1) is 0 Å². The zero-order valence-corrected chi connectivity index (χ0v) is 10.1. The summed E-state index contributed by atoms with van der Waals surface area (Å²) in [4.78, 5) is 12.0. The van der Waals surface area contributed by atoms with Gasteiger partial charge in [0.2, 0.25) is 5.75 Å². The lowest BCUT2D eigenvalue weighted by Gasteiger charge is -2.19. The summed E-state index contributed by atoms with van der Waals surface area (Å²) in [5.74, 6) is 1.05. The molecule has 0 saturated carbocycles. The Morgan fingerprint density at radius 3 is 2.68 bits per heavy atom. The molecule has 0 saturated heterocycles. The van der Waals surface area contributed by atoms with E-state index < -0.39 is 5.63 Å². The molecule has 4 rings (SSSR count). The first kappa shape index (κ1) is 10.4. The topological polar surface area (TPSA) is 39.4 Å². The van der Waals surface area contributed by atoms with Crippen LogP contribution in [0.5, 0.6) is 11.5 Å². The fraction of sp³-hybridized carbons (Fsp3) is 0.0625.